The second kappa shape index (κ2) is 6.87. The summed E-state index contributed by atoms with van der Waals surface area (Å²) in [6.45, 7) is 0.396. The van der Waals surface area contributed by atoms with Crippen LogP contribution in [0.25, 0.3) is 0 Å². The number of nitrogens with zero attached hydrogens (tertiary/aromatic N) is 5. The zero-order valence-corrected chi connectivity index (χ0v) is 13.1. The molecule has 16 heteroatoms. The summed E-state index contributed by atoms with van der Waals surface area (Å²) in [5.74, 6) is 0. The van der Waals surface area contributed by atoms with Crippen molar-refractivity contribution in [3.63, 3.8) is 0 Å². The maximum absolute atomic E-state index is 11.2. The van der Waals surface area contributed by atoms with Crippen molar-refractivity contribution in [2.45, 2.75) is 19.5 Å². The fourth-order valence-electron chi connectivity index (χ4n) is 1.93. The van der Waals surface area contributed by atoms with Crippen molar-refractivity contribution in [3.05, 3.63) is 62.2 Å². The summed E-state index contributed by atoms with van der Waals surface area (Å²) >= 11 is 0. The SMILES string of the molecule is Cc1c([N+](=O)[O-])cc([N+](=O)[O-])c(NCC(C)([N+](=O)[O-])[N+](=O)[O-])c1[N+](=O)[O-]. The van der Waals surface area contributed by atoms with Gasteiger partial charge >= 0.3 is 17.0 Å². The number of hydrogen-bond donors (Lipinski definition) is 1. The molecule has 26 heavy (non-hydrogen) atoms. The van der Waals surface area contributed by atoms with E-state index in [1.165, 1.54) is 0 Å². The number of benzene rings is 1. The van der Waals surface area contributed by atoms with Gasteiger partial charge in [0, 0.05) is 0 Å². The molecule has 0 fully saturated rings. The summed E-state index contributed by atoms with van der Waals surface area (Å²) in [6.07, 6.45) is 0. The molecule has 0 unspecified atom stereocenters. The van der Waals surface area contributed by atoms with Crippen molar-refractivity contribution in [2.75, 3.05) is 11.9 Å². The van der Waals surface area contributed by atoms with Crippen LogP contribution < -0.4 is 5.32 Å². The average Bonchev–Trinajstić information content (AvgIpc) is 2.50. The van der Waals surface area contributed by atoms with E-state index in [2.05, 4.69) is 0 Å². The molecule has 140 valence electrons. The zero-order chi connectivity index (χ0) is 20.4. The minimum absolute atomic E-state index is 0.431. The standard InChI is InChI=1S/C10H10N6O10/c1-5-6(12(17)18)3-7(13(19)20)8(9(5)14(21)22)11-4-10(2,15(23)24)16(25)26/h3,11H,4H2,1-2H3. The molecule has 0 saturated carbocycles. The third-order valence-electron chi connectivity index (χ3n) is 3.47. The van der Waals surface area contributed by atoms with E-state index in [-0.39, 0.29) is 0 Å². The van der Waals surface area contributed by atoms with Crippen LogP contribution in [0, 0.1) is 57.5 Å². The Morgan fingerprint density at radius 3 is 1.69 bits per heavy atom. The Kier molecular flexibility index (Phi) is 5.30. The molecular formula is C10H10N6O10. The molecule has 0 aliphatic rings. The van der Waals surface area contributed by atoms with Crippen LogP contribution in [0.2, 0.25) is 0 Å². The van der Waals surface area contributed by atoms with E-state index in [9.17, 15) is 50.6 Å². The predicted octanol–water partition coefficient (Wildman–Crippen LogP) is 1.40. The van der Waals surface area contributed by atoms with Crippen molar-refractivity contribution < 1.29 is 24.6 Å². The Bertz CT molecular complexity index is 822. The minimum atomic E-state index is -2.85. The van der Waals surface area contributed by atoms with E-state index in [1.54, 1.807) is 0 Å². The van der Waals surface area contributed by atoms with Gasteiger partial charge in [-0.2, -0.15) is 0 Å². The van der Waals surface area contributed by atoms with Gasteiger partial charge in [0.05, 0.1) is 27.8 Å². The third kappa shape index (κ3) is 3.42. The third-order valence-corrected chi connectivity index (χ3v) is 3.47. The van der Waals surface area contributed by atoms with Crippen LogP contribution in [-0.2, 0) is 0 Å². The van der Waals surface area contributed by atoms with Gasteiger partial charge in [-0.3, -0.25) is 50.6 Å². The lowest BCUT2D eigenvalue weighted by Crippen LogP contribution is -2.49. The van der Waals surface area contributed by atoms with Crippen molar-refractivity contribution >= 4 is 22.7 Å². The summed E-state index contributed by atoms with van der Waals surface area (Å²) < 4.78 is 0. The summed E-state index contributed by atoms with van der Waals surface area (Å²) in [6, 6.07) is 0.431. The van der Waals surface area contributed by atoms with Gasteiger partial charge in [0.15, 0.2) is 12.2 Å². The summed E-state index contributed by atoms with van der Waals surface area (Å²) in [7, 11) is 0. The van der Waals surface area contributed by atoms with E-state index in [0.29, 0.717) is 13.0 Å². The van der Waals surface area contributed by atoms with Gasteiger partial charge in [-0.15, -0.1) is 0 Å². The quantitative estimate of drug-likeness (QED) is 0.388. The van der Waals surface area contributed by atoms with Crippen LogP contribution in [0.4, 0.5) is 22.7 Å². The predicted molar refractivity (Wildman–Crippen MR) is 82.0 cm³/mol. The molecule has 0 aromatic heterocycles. The Balaban J connectivity index is 3.64. The molecule has 0 amide bonds. The average molecular weight is 374 g/mol. The molecule has 1 aromatic rings. The molecule has 16 nitrogen and oxygen atoms in total. The first-order valence-electron chi connectivity index (χ1n) is 6.48. The van der Waals surface area contributed by atoms with E-state index in [1.807, 2.05) is 5.32 Å². The lowest BCUT2D eigenvalue weighted by atomic mass is 10.1. The molecule has 0 heterocycles. The van der Waals surface area contributed by atoms with E-state index < -0.39 is 65.1 Å². The molecule has 0 atom stereocenters. The molecule has 0 bridgehead atoms. The van der Waals surface area contributed by atoms with Crippen molar-refractivity contribution in [1.29, 1.82) is 0 Å². The zero-order valence-electron chi connectivity index (χ0n) is 13.1. The maximum atomic E-state index is 11.2. The molecule has 1 N–H and O–H groups in total. The first-order valence-corrected chi connectivity index (χ1v) is 6.48. The van der Waals surface area contributed by atoms with Crippen molar-refractivity contribution in [1.82, 2.24) is 0 Å². The van der Waals surface area contributed by atoms with Gasteiger partial charge in [0.25, 0.3) is 5.69 Å². The van der Waals surface area contributed by atoms with Gasteiger partial charge in [0.1, 0.15) is 15.4 Å². The van der Waals surface area contributed by atoms with Crippen LogP contribution in [0.3, 0.4) is 0 Å². The molecular weight excluding hydrogens is 364 g/mol. The monoisotopic (exact) mass is 374 g/mol. The molecule has 0 radical (unpaired) electrons. The van der Waals surface area contributed by atoms with Gasteiger partial charge in [-0.1, -0.05) is 0 Å². The second-order valence-electron chi connectivity index (χ2n) is 5.12. The number of nitro groups is 5. The lowest BCUT2D eigenvalue weighted by molar-refractivity contribution is -0.787. The largest absolute Gasteiger partial charge is 0.472 e. The Labute approximate surface area is 142 Å². The maximum Gasteiger partial charge on any atom is 0.472 e. The van der Waals surface area contributed by atoms with E-state index in [4.69, 9.17) is 0 Å². The lowest BCUT2D eigenvalue weighted by Gasteiger charge is -2.14. The summed E-state index contributed by atoms with van der Waals surface area (Å²) in [4.78, 5) is 49.1. The first kappa shape index (κ1) is 20.1. The number of nitro benzene ring substituents is 3. The van der Waals surface area contributed by atoms with Gasteiger partial charge in [-0.25, -0.2) is 0 Å². The highest BCUT2D eigenvalue weighted by atomic mass is 16.7. The van der Waals surface area contributed by atoms with Crippen LogP contribution >= 0.6 is 0 Å². The molecule has 0 aliphatic heterocycles. The van der Waals surface area contributed by atoms with Crippen molar-refractivity contribution in [2.24, 2.45) is 0 Å². The number of hydrogen-bond acceptors (Lipinski definition) is 11. The van der Waals surface area contributed by atoms with Crippen molar-refractivity contribution in [3.8, 4) is 0 Å². The first-order chi connectivity index (χ1) is 11.8. The van der Waals surface area contributed by atoms with E-state index >= 15 is 0 Å². The number of rotatable bonds is 8. The number of nitrogens with one attached hydrogen (secondary N) is 1. The highest BCUT2D eigenvalue weighted by Crippen LogP contribution is 2.42. The van der Waals surface area contributed by atoms with Gasteiger partial charge in [-0.05, 0) is 6.92 Å². The number of anilines is 1. The van der Waals surface area contributed by atoms with Crippen LogP contribution in [0.5, 0.6) is 0 Å². The van der Waals surface area contributed by atoms with Gasteiger partial charge < -0.3 is 5.32 Å². The van der Waals surface area contributed by atoms with E-state index in [0.717, 1.165) is 6.92 Å². The second-order valence-corrected chi connectivity index (χ2v) is 5.12. The highest BCUT2D eigenvalue weighted by molar-refractivity contribution is 5.80. The molecule has 0 saturated heterocycles. The fourth-order valence-corrected chi connectivity index (χ4v) is 1.93. The summed E-state index contributed by atoms with van der Waals surface area (Å²) in [5.41, 5.74) is -7.43. The van der Waals surface area contributed by atoms with Gasteiger partial charge in [0.2, 0.25) is 0 Å². The minimum Gasteiger partial charge on any atom is -0.361 e. The topological polar surface area (TPSA) is 228 Å². The fraction of sp³-hybridized carbons (Fsp3) is 0.400. The molecule has 1 rings (SSSR count). The Morgan fingerprint density at radius 2 is 1.35 bits per heavy atom. The Morgan fingerprint density at radius 1 is 0.885 bits per heavy atom. The molecule has 0 spiro atoms. The highest BCUT2D eigenvalue weighted by Gasteiger charge is 2.51. The molecule has 1 aromatic carbocycles. The molecule has 0 aliphatic carbocycles. The van der Waals surface area contributed by atoms with Crippen LogP contribution in [0.1, 0.15) is 12.5 Å². The normalized spacial score (nSPS) is 10.8. The van der Waals surface area contributed by atoms with Crippen LogP contribution in [-0.4, -0.2) is 36.8 Å². The summed E-state index contributed by atoms with van der Waals surface area (Å²) in [5, 5.41) is 57.1. The van der Waals surface area contributed by atoms with Crippen LogP contribution in [0.15, 0.2) is 6.07 Å². The Hall–Kier alpha value is -3.98. The smallest absolute Gasteiger partial charge is 0.361 e.